The topological polar surface area (TPSA) is 85.5 Å². The van der Waals surface area contributed by atoms with Crippen LogP contribution in [-0.4, -0.2) is 36.9 Å². The van der Waals surface area contributed by atoms with Crippen molar-refractivity contribution in [2.75, 3.05) is 13.7 Å². The van der Waals surface area contributed by atoms with Crippen LogP contribution in [0.4, 0.5) is 0 Å². The van der Waals surface area contributed by atoms with Gasteiger partial charge in [-0.15, -0.1) is 0 Å². The molecule has 2 rings (SSSR count). The van der Waals surface area contributed by atoms with Crippen molar-refractivity contribution in [3.8, 4) is 0 Å². The number of H-pyrrole nitrogens is 1. The summed E-state index contributed by atoms with van der Waals surface area (Å²) in [5.74, 6) is -0.772. The van der Waals surface area contributed by atoms with Crippen LogP contribution in [0.5, 0.6) is 0 Å². The molecular formula is C17H19NO5. The lowest BCUT2D eigenvalue weighted by Crippen LogP contribution is -2.08. The zero-order valence-corrected chi connectivity index (χ0v) is 13.2. The van der Waals surface area contributed by atoms with Gasteiger partial charge in [0, 0.05) is 22.9 Å². The molecule has 122 valence electrons. The molecule has 0 bridgehead atoms. The van der Waals surface area contributed by atoms with E-state index in [0.717, 1.165) is 6.29 Å². The summed E-state index contributed by atoms with van der Waals surface area (Å²) in [6.07, 6.45) is 1.98. The summed E-state index contributed by atoms with van der Waals surface area (Å²) in [5.41, 5.74) is 2.24. The number of rotatable bonds is 7. The van der Waals surface area contributed by atoms with Gasteiger partial charge in [0.2, 0.25) is 0 Å². The first kappa shape index (κ1) is 16.7. The number of esters is 2. The van der Waals surface area contributed by atoms with E-state index in [1.54, 1.807) is 25.1 Å². The smallest absolute Gasteiger partial charge is 0.355 e. The van der Waals surface area contributed by atoms with E-state index < -0.39 is 5.97 Å². The third kappa shape index (κ3) is 3.59. The van der Waals surface area contributed by atoms with E-state index in [2.05, 4.69) is 9.72 Å². The van der Waals surface area contributed by atoms with Gasteiger partial charge < -0.3 is 14.5 Å². The van der Waals surface area contributed by atoms with Crippen LogP contribution in [0, 0.1) is 0 Å². The van der Waals surface area contributed by atoms with Crippen molar-refractivity contribution in [1.82, 2.24) is 4.98 Å². The van der Waals surface area contributed by atoms with E-state index in [9.17, 15) is 14.4 Å². The van der Waals surface area contributed by atoms with Gasteiger partial charge in [-0.3, -0.25) is 9.59 Å². The highest BCUT2D eigenvalue weighted by Crippen LogP contribution is 2.27. The van der Waals surface area contributed by atoms with Gasteiger partial charge >= 0.3 is 11.9 Å². The highest BCUT2D eigenvalue weighted by molar-refractivity contribution is 6.04. The first-order valence-corrected chi connectivity index (χ1v) is 7.45. The van der Waals surface area contributed by atoms with Gasteiger partial charge in [-0.05, 0) is 31.4 Å². The van der Waals surface area contributed by atoms with E-state index in [1.807, 2.05) is 0 Å². The Balaban J connectivity index is 2.43. The van der Waals surface area contributed by atoms with E-state index in [4.69, 9.17) is 4.74 Å². The average molecular weight is 317 g/mol. The zero-order chi connectivity index (χ0) is 16.8. The van der Waals surface area contributed by atoms with Gasteiger partial charge in [0.15, 0.2) is 6.29 Å². The molecule has 0 radical (unpaired) electrons. The molecule has 0 aliphatic rings. The summed E-state index contributed by atoms with van der Waals surface area (Å²) in [7, 11) is 1.34. The second-order valence-corrected chi connectivity index (χ2v) is 5.02. The highest BCUT2D eigenvalue weighted by atomic mass is 16.5. The van der Waals surface area contributed by atoms with Crippen molar-refractivity contribution < 1.29 is 23.9 Å². The summed E-state index contributed by atoms with van der Waals surface area (Å²) in [6.45, 7) is 1.99. The molecule has 0 saturated heterocycles. The quantitative estimate of drug-likeness (QED) is 0.627. The molecule has 1 aromatic heterocycles. The number of ether oxygens (including phenoxy) is 2. The lowest BCUT2D eigenvalue weighted by Gasteiger charge is -2.05. The summed E-state index contributed by atoms with van der Waals surface area (Å²) in [5, 5.41) is 0.704. The number of aldehydes is 1. The molecule has 1 heterocycles. The fraction of sp³-hybridized carbons (Fsp3) is 0.353. The number of carbonyl (C=O) groups is 3. The van der Waals surface area contributed by atoms with Gasteiger partial charge in [-0.1, -0.05) is 12.1 Å². The predicted octanol–water partition coefficient (Wildman–Crippen LogP) is 2.65. The highest BCUT2D eigenvalue weighted by Gasteiger charge is 2.20. The molecule has 1 aromatic carbocycles. The standard InChI is InChI=1S/C17H19NO5/c1-3-23-17(21)16-12(7-5-9-14(20)22-2)15-11(10-19)6-4-8-13(15)18-16/h4,6,8,10,18H,3,5,7,9H2,1-2H3. The molecule has 6 heteroatoms. The van der Waals surface area contributed by atoms with Crippen molar-refractivity contribution in [1.29, 1.82) is 0 Å². The lowest BCUT2D eigenvalue weighted by molar-refractivity contribution is -0.140. The number of nitrogens with one attached hydrogen (secondary N) is 1. The number of hydrogen-bond donors (Lipinski definition) is 1. The maximum Gasteiger partial charge on any atom is 0.355 e. The average Bonchev–Trinajstić information content (AvgIpc) is 2.93. The van der Waals surface area contributed by atoms with E-state index in [-0.39, 0.29) is 19.0 Å². The molecule has 2 aromatic rings. The Bertz CT molecular complexity index is 732. The maximum absolute atomic E-state index is 12.2. The third-order valence-electron chi connectivity index (χ3n) is 3.60. The van der Waals surface area contributed by atoms with Gasteiger partial charge in [0.25, 0.3) is 0 Å². The van der Waals surface area contributed by atoms with Crippen LogP contribution >= 0.6 is 0 Å². The summed E-state index contributed by atoms with van der Waals surface area (Å²) in [6, 6.07) is 5.24. The Hall–Kier alpha value is -2.63. The monoisotopic (exact) mass is 317 g/mol. The Morgan fingerprint density at radius 2 is 2.09 bits per heavy atom. The first-order valence-electron chi connectivity index (χ1n) is 7.45. The van der Waals surface area contributed by atoms with E-state index >= 15 is 0 Å². The summed E-state index contributed by atoms with van der Waals surface area (Å²) < 4.78 is 9.69. The largest absolute Gasteiger partial charge is 0.469 e. The molecule has 0 spiro atoms. The Kier molecular flexibility index (Phi) is 5.51. The number of aromatic nitrogens is 1. The predicted molar refractivity (Wildman–Crippen MR) is 84.6 cm³/mol. The minimum atomic E-state index is -0.464. The van der Waals surface area contributed by atoms with Crippen LogP contribution in [-0.2, 0) is 20.7 Å². The van der Waals surface area contributed by atoms with Crippen LogP contribution in [0.1, 0.15) is 46.2 Å². The number of fused-ring (bicyclic) bond motifs is 1. The van der Waals surface area contributed by atoms with E-state index in [1.165, 1.54) is 7.11 Å². The summed E-state index contributed by atoms with van der Waals surface area (Å²) in [4.78, 5) is 37.8. The fourth-order valence-corrected chi connectivity index (χ4v) is 2.58. The van der Waals surface area contributed by atoms with Crippen molar-refractivity contribution in [3.05, 3.63) is 35.0 Å². The van der Waals surface area contributed by atoms with E-state index in [0.29, 0.717) is 40.6 Å². The lowest BCUT2D eigenvalue weighted by atomic mass is 10.0. The SMILES string of the molecule is CCOC(=O)c1[nH]c2cccc(C=O)c2c1CCCC(=O)OC. The van der Waals surface area contributed by atoms with Gasteiger partial charge in [-0.25, -0.2) is 4.79 Å². The number of carbonyl (C=O) groups excluding carboxylic acids is 3. The number of hydrogen-bond acceptors (Lipinski definition) is 5. The number of aryl methyl sites for hydroxylation is 1. The van der Waals surface area contributed by atoms with Crippen molar-refractivity contribution in [2.24, 2.45) is 0 Å². The molecule has 0 amide bonds. The Morgan fingerprint density at radius 1 is 1.30 bits per heavy atom. The molecular weight excluding hydrogens is 298 g/mol. The molecule has 0 atom stereocenters. The minimum Gasteiger partial charge on any atom is -0.469 e. The zero-order valence-electron chi connectivity index (χ0n) is 13.2. The summed E-state index contributed by atoms with van der Waals surface area (Å²) >= 11 is 0. The van der Waals surface area contributed by atoms with Crippen LogP contribution in [0.25, 0.3) is 10.9 Å². The molecule has 0 aliphatic heterocycles. The van der Waals surface area contributed by atoms with Crippen molar-refractivity contribution in [2.45, 2.75) is 26.2 Å². The van der Waals surface area contributed by atoms with Crippen LogP contribution in [0.3, 0.4) is 0 Å². The second kappa shape index (κ2) is 7.58. The third-order valence-corrected chi connectivity index (χ3v) is 3.60. The molecule has 0 saturated carbocycles. The molecule has 0 fully saturated rings. The van der Waals surface area contributed by atoms with Crippen molar-refractivity contribution in [3.63, 3.8) is 0 Å². The van der Waals surface area contributed by atoms with Crippen LogP contribution < -0.4 is 0 Å². The molecule has 1 N–H and O–H groups in total. The van der Waals surface area contributed by atoms with Crippen molar-refractivity contribution >= 4 is 29.1 Å². The normalized spacial score (nSPS) is 10.5. The first-order chi connectivity index (χ1) is 11.1. The fourth-order valence-electron chi connectivity index (χ4n) is 2.58. The minimum absolute atomic E-state index is 0.245. The van der Waals surface area contributed by atoms with Gasteiger partial charge in [0.05, 0.1) is 13.7 Å². The van der Waals surface area contributed by atoms with Gasteiger partial charge in [-0.2, -0.15) is 0 Å². The van der Waals surface area contributed by atoms with Crippen LogP contribution in [0.15, 0.2) is 18.2 Å². The Labute approximate surface area is 133 Å². The number of benzene rings is 1. The maximum atomic E-state index is 12.2. The van der Waals surface area contributed by atoms with Gasteiger partial charge in [0.1, 0.15) is 5.69 Å². The van der Waals surface area contributed by atoms with Crippen LogP contribution in [0.2, 0.25) is 0 Å². The second-order valence-electron chi connectivity index (χ2n) is 5.02. The molecule has 0 unspecified atom stereocenters. The molecule has 6 nitrogen and oxygen atoms in total. The molecule has 0 aliphatic carbocycles. The Morgan fingerprint density at radius 3 is 2.74 bits per heavy atom. The number of aromatic amines is 1. The number of methoxy groups -OCH3 is 1. The molecule has 23 heavy (non-hydrogen) atoms.